The molecule has 1 aromatic rings. The molecule has 1 saturated heterocycles. The minimum Gasteiger partial charge on any atom is -0.328 e. The molecule has 5 heteroatoms. The van der Waals surface area contributed by atoms with Gasteiger partial charge in [0.05, 0.1) is 6.04 Å². The average molecular weight is 278 g/mol. The van der Waals surface area contributed by atoms with Gasteiger partial charge in [0.15, 0.2) is 0 Å². The number of piperidine rings is 1. The van der Waals surface area contributed by atoms with Gasteiger partial charge in [-0.05, 0) is 43.4 Å². The van der Waals surface area contributed by atoms with Crippen molar-refractivity contribution in [1.29, 1.82) is 0 Å². The molecule has 0 aliphatic carbocycles. The quantitative estimate of drug-likeness (QED) is 0.858. The maximum absolute atomic E-state index is 12.8. The summed E-state index contributed by atoms with van der Waals surface area (Å²) in [6, 6.07) is 5.18. The van der Waals surface area contributed by atoms with Crippen molar-refractivity contribution in [3.63, 3.8) is 0 Å². The Morgan fingerprint density at radius 3 is 2.50 bits per heavy atom. The zero-order valence-corrected chi connectivity index (χ0v) is 11.3. The number of amides is 2. The lowest BCUT2D eigenvalue weighted by molar-refractivity contribution is -0.109. The van der Waals surface area contributed by atoms with Crippen LogP contribution in [-0.4, -0.2) is 36.3 Å². The second-order valence-electron chi connectivity index (χ2n) is 5.07. The summed E-state index contributed by atoms with van der Waals surface area (Å²) in [7, 11) is 0. The SMILES string of the molecule is O=CC(Cc1ccc(F)cc1)NC(=O)N1CCCCC1. The highest BCUT2D eigenvalue weighted by atomic mass is 19.1. The van der Waals surface area contributed by atoms with Crippen LogP contribution < -0.4 is 5.32 Å². The van der Waals surface area contributed by atoms with Crippen LogP contribution in [0.1, 0.15) is 24.8 Å². The van der Waals surface area contributed by atoms with Gasteiger partial charge in [-0.1, -0.05) is 12.1 Å². The van der Waals surface area contributed by atoms with Gasteiger partial charge < -0.3 is 15.0 Å². The van der Waals surface area contributed by atoms with Crippen molar-refractivity contribution in [1.82, 2.24) is 10.2 Å². The fourth-order valence-corrected chi connectivity index (χ4v) is 2.35. The summed E-state index contributed by atoms with van der Waals surface area (Å²) in [6.07, 6.45) is 4.28. The molecule has 2 amide bonds. The molecule has 1 aromatic carbocycles. The molecule has 1 heterocycles. The fourth-order valence-electron chi connectivity index (χ4n) is 2.35. The third-order valence-electron chi connectivity index (χ3n) is 3.49. The average Bonchev–Trinajstić information content (AvgIpc) is 2.49. The van der Waals surface area contributed by atoms with Crippen molar-refractivity contribution in [3.8, 4) is 0 Å². The third kappa shape index (κ3) is 4.05. The predicted octanol–water partition coefficient (Wildman–Crippen LogP) is 2.13. The van der Waals surface area contributed by atoms with Gasteiger partial charge in [-0.2, -0.15) is 0 Å². The van der Waals surface area contributed by atoms with E-state index in [1.165, 1.54) is 12.1 Å². The summed E-state index contributed by atoms with van der Waals surface area (Å²) in [5, 5.41) is 2.72. The molecule has 1 unspecified atom stereocenters. The highest BCUT2D eigenvalue weighted by molar-refractivity contribution is 5.78. The van der Waals surface area contributed by atoms with Gasteiger partial charge >= 0.3 is 6.03 Å². The predicted molar refractivity (Wildman–Crippen MR) is 73.9 cm³/mol. The van der Waals surface area contributed by atoms with E-state index in [0.717, 1.165) is 44.2 Å². The van der Waals surface area contributed by atoms with Gasteiger partial charge in [-0.3, -0.25) is 0 Å². The first-order valence-electron chi connectivity index (χ1n) is 6.94. The molecule has 20 heavy (non-hydrogen) atoms. The summed E-state index contributed by atoms with van der Waals surface area (Å²) < 4.78 is 12.8. The maximum Gasteiger partial charge on any atom is 0.317 e. The number of likely N-dealkylation sites (tertiary alicyclic amines) is 1. The number of carbonyl (C=O) groups is 2. The molecule has 0 spiro atoms. The van der Waals surface area contributed by atoms with Crippen LogP contribution in [0, 0.1) is 5.82 Å². The van der Waals surface area contributed by atoms with E-state index < -0.39 is 6.04 Å². The summed E-state index contributed by atoms with van der Waals surface area (Å²) in [5.41, 5.74) is 0.822. The number of carbonyl (C=O) groups excluding carboxylic acids is 2. The number of halogens is 1. The van der Waals surface area contributed by atoms with E-state index >= 15 is 0 Å². The monoisotopic (exact) mass is 278 g/mol. The number of hydrogen-bond acceptors (Lipinski definition) is 2. The van der Waals surface area contributed by atoms with Gasteiger partial charge in [0.1, 0.15) is 12.1 Å². The number of nitrogens with one attached hydrogen (secondary N) is 1. The molecule has 1 fully saturated rings. The van der Waals surface area contributed by atoms with Crippen LogP contribution in [0.5, 0.6) is 0 Å². The number of urea groups is 1. The van der Waals surface area contributed by atoms with Crippen molar-refractivity contribution >= 4 is 12.3 Å². The van der Waals surface area contributed by atoms with Crippen molar-refractivity contribution in [2.24, 2.45) is 0 Å². The summed E-state index contributed by atoms with van der Waals surface area (Å²) in [5.74, 6) is -0.311. The Labute approximate surface area is 118 Å². The summed E-state index contributed by atoms with van der Waals surface area (Å²) in [4.78, 5) is 24.8. The minimum absolute atomic E-state index is 0.191. The molecule has 1 N–H and O–H groups in total. The Morgan fingerprint density at radius 2 is 1.90 bits per heavy atom. The van der Waals surface area contributed by atoms with Crippen molar-refractivity contribution in [2.45, 2.75) is 31.7 Å². The lowest BCUT2D eigenvalue weighted by atomic mass is 10.1. The minimum atomic E-state index is -0.574. The fraction of sp³-hybridized carbons (Fsp3) is 0.467. The van der Waals surface area contributed by atoms with E-state index in [9.17, 15) is 14.0 Å². The van der Waals surface area contributed by atoms with E-state index in [1.807, 2.05) is 0 Å². The van der Waals surface area contributed by atoms with Crippen LogP contribution in [0.4, 0.5) is 9.18 Å². The Hall–Kier alpha value is -1.91. The number of nitrogens with zero attached hydrogens (tertiary/aromatic N) is 1. The van der Waals surface area contributed by atoms with Gasteiger partial charge in [0.25, 0.3) is 0 Å². The van der Waals surface area contributed by atoms with E-state index in [4.69, 9.17) is 0 Å². The van der Waals surface area contributed by atoms with Gasteiger partial charge in [0.2, 0.25) is 0 Å². The molecule has 0 radical (unpaired) electrons. The Bertz CT molecular complexity index is 455. The molecule has 0 aromatic heterocycles. The molecule has 0 saturated carbocycles. The number of rotatable bonds is 4. The highest BCUT2D eigenvalue weighted by Gasteiger charge is 2.19. The molecule has 1 aliphatic rings. The molecule has 1 aliphatic heterocycles. The molecule has 1 atom stereocenters. The summed E-state index contributed by atoms with van der Waals surface area (Å²) in [6.45, 7) is 1.49. The third-order valence-corrected chi connectivity index (χ3v) is 3.49. The van der Waals surface area contributed by atoms with Crippen LogP contribution >= 0.6 is 0 Å². The lowest BCUT2D eigenvalue weighted by Gasteiger charge is -2.28. The van der Waals surface area contributed by atoms with Crippen LogP contribution in [0.3, 0.4) is 0 Å². The zero-order chi connectivity index (χ0) is 14.4. The van der Waals surface area contributed by atoms with Crippen molar-refractivity contribution in [2.75, 3.05) is 13.1 Å². The largest absolute Gasteiger partial charge is 0.328 e. The van der Waals surface area contributed by atoms with Gasteiger partial charge in [0, 0.05) is 13.1 Å². The number of hydrogen-bond donors (Lipinski definition) is 1. The molecule has 0 bridgehead atoms. The van der Waals surface area contributed by atoms with E-state index in [2.05, 4.69) is 5.32 Å². The lowest BCUT2D eigenvalue weighted by Crippen LogP contribution is -2.48. The first-order chi connectivity index (χ1) is 9.69. The first-order valence-corrected chi connectivity index (χ1v) is 6.94. The normalized spacial score (nSPS) is 16.6. The molecular weight excluding hydrogens is 259 g/mol. The second kappa shape index (κ2) is 7.03. The molecule has 108 valence electrons. The second-order valence-corrected chi connectivity index (χ2v) is 5.07. The van der Waals surface area contributed by atoms with Crippen LogP contribution in [0.2, 0.25) is 0 Å². The smallest absolute Gasteiger partial charge is 0.317 e. The number of benzene rings is 1. The van der Waals surface area contributed by atoms with E-state index in [-0.39, 0.29) is 11.8 Å². The Morgan fingerprint density at radius 1 is 1.25 bits per heavy atom. The van der Waals surface area contributed by atoms with Crippen molar-refractivity contribution < 1.29 is 14.0 Å². The Balaban J connectivity index is 1.89. The van der Waals surface area contributed by atoms with E-state index in [0.29, 0.717) is 6.42 Å². The topological polar surface area (TPSA) is 49.4 Å². The van der Waals surface area contributed by atoms with Gasteiger partial charge in [-0.25, -0.2) is 9.18 Å². The molecule has 4 nitrogen and oxygen atoms in total. The molecular formula is C15H19FN2O2. The standard InChI is InChI=1S/C15H19FN2O2/c16-13-6-4-12(5-7-13)10-14(11-19)17-15(20)18-8-2-1-3-9-18/h4-7,11,14H,1-3,8-10H2,(H,17,20). The van der Waals surface area contributed by atoms with Crippen molar-refractivity contribution in [3.05, 3.63) is 35.6 Å². The number of aldehydes is 1. The molecule has 2 rings (SSSR count). The maximum atomic E-state index is 12.8. The van der Waals surface area contributed by atoms with Crippen LogP contribution in [0.15, 0.2) is 24.3 Å². The van der Waals surface area contributed by atoms with Crippen LogP contribution in [0.25, 0.3) is 0 Å². The Kier molecular flexibility index (Phi) is 5.09. The van der Waals surface area contributed by atoms with Crippen LogP contribution in [-0.2, 0) is 11.2 Å². The van der Waals surface area contributed by atoms with E-state index in [1.54, 1.807) is 17.0 Å². The van der Waals surface area contributed by atoms with Gasteiger partial charge in [-0.15, -0.1) is 0 Å². The first kappa shape index (κ1) is 14.5. The summed E-state index contributed by atoms with van der Waals surface area (Å²) >= 11 is 0. The zero-order valence-electron chi connectivity index (χ0n) is 11.3. The highest BCUT2D eigenvalue weighted by Crippen LogP contribution is 2.09.